The molecule has 1 N–H and O–H groups in total. The first kappa shape index (κ1) is 19.8. The van der Waals surface area contributed by atoms with Crippen LogP contribution in [0, 0.1) is 0 Å². The van der Waals surface area contributed by atoms with Crippen LogP contribution in [0.5, 0.6) is 0 Å². The van der Waals surface area contributed by atoms with Gasteiger partial charge in [0, 0.05) is 27.4 Å². The molecule has 1 aliphatic rings. The Morgan fingerprint density at radius 2 is 1.33 bits per heavy atom. The molecule has 10 nitrogen and oxygen atoms in total. The number of carboxylic acid groups (broad SMARTS) is 1. The molecule has 0 aromatic heterocycles. The molecule has 10 heteroatoms. The molecule has 0 spiro atoms. The second-order valence-corrected chi connectivity index (χ2v) is 4.94. The van der Waals surface area contributed by atoms with E-state index >= 15 is 0 Å². The van der Waals surface area contributed by atoms with Crippen molar-refractivity contribution in [1.29, 1.82) is 0 Å². The number of esters is 3. The summed E-state index contributed by atoms with van der Waals surface area (Å²) in [6, 6.07) is 0. The normalized spacial score (nSPS) is 29.4. The molecule has 1 aliphatic heterocycles. The Morgan fingerprint density at radius 1 is 0.875 bits per heavy atom. The highest BCUT2D eigenvalue weighted by Crippen LogP contribution is 2.29. The zero-order chi connectivity index (χ0) is 18.4. The zero-order valence-corrected chi connectivity index (χ0v) is 13.7. The first-order chi connectivity index (χ1) is 11.2. The van der Waals surface area contributed by atoms with Gasteiger partial charge in [-0.25, -0.2) is 4.79 Å². The fourth-order valence-electron chi connectivity index (χ4n) is 2.27. The van der Waals surface area contributed by atoms with E-state index < -0.39 is 54.6 Å². The average Bonchev–Trinajstić information content (AvgIpc) is 2.43. The number of hydrogen-bond donors (Lipinski definition) is 1. The second kappa shape index (κ2) is 8.60. The minimum atomic E-state index is -1.67. The minimum Gasteiger partial charge on any atom is -0.479 e. The lowest BCUT2D eigenvalue weighted by molar-refractivity contribution is -0.300. The van der Waals surface area contributed by atoms with Gasteiger partial charge < -0.3 is 28.8 Å². The van der Waals surface area contributed by atoms with Gasteiger partial charge in [0.1, 0.15) is 0 Å². The Balaban J connectivity index is 3.27. The summed E-state index contributed by atoms with van der Waals surface area (Å²) < 4.78 is 25.6. The fraction of sp³-hybridized carbons (Fsp3) is 0.714. The van der Waals surface area contributed by atoms with E-state index in [-0.39, 0.29) is 6.61 Å². The van der Waals surface area contributed by atoms with Crippen LogP contribution in [-0.2, 0) is 42.9 Å². The minimum absolute atomic E-state index is 0.111. The number of carboxylic acids is 1. The first-order valence-electron chi connectivity index (χ1n) is 7.18. The van der Waals surface area contributed by atoms with Crippen molar-refractivity contribution in [2.45, 2.75) is 58.4 Å². The van der Waals surface area contributed by atoms with Crippen LogP contribution in [0.3, 0.4) is 0 Å². The largest absolute Gasteiger partial charge is 0.479 e. The Bertz CT molecular complexity index is 502. The Kier molecular flexibility index (Phi) is 7.11. The van der Waals surface area contributed by atoms with Gasteiger partial charge >= 0.3 is 23.9 Å². The van der Waals surface area contributed by atoms with E-state index in [1.54, 1.807) is 6.92 Å². The molecule has 0 aliphatic carbocycles. The van der Waals surface area contributed by atoms with Crippen molar-refractivity contribution in [2.75, 3.05) is 6.61 Å². The lowest BCUT2D eigenvalue weighted by Crippen LogP contribution is -2.63. The van der Waals surface area contributed by atoms with E-state index in [9.17, 15) is 24.3 Å². The molecular formula is C14H20O10. The number of carbonyl (C=O) groups excluding carboxylic acids is 3. The van der Waals surface area contributed by atoms with Crippen LogP contribution < -0.4 is 0 Å². The highest BCUT2D eigenvalue weighted by Gasteiger charge is 2.54. The van der Waals surface area contributed by atoms with E-state index in [1.807, 2.05) is 0 Å². The van der Waals surface area contributed by atoms with Gasteiger partial charge in [-0.1, -0.05) is 0 Å². The van der Waals surface area contributed by atoms with Crippen LogP contribution in [-0.4, -0.2) is 66.3 Å². The predicted molar refractivity (Wildman–Crippen MR) is 74.6 cm³/mol. The average molecular weight is 348 g/mol. The highest BCUT2D eigenvalue weighted by molar-refractivity contribution is 5.75. The van der Waals surface area contributed by atoms with Gasteiger partial charge in [0.25, 0.3) is 0 Å². The number of ether oxygens (including phenoxy) is 5. The molecule has 1 saturated heterocycles. The third kappa shape index (κ3) is 5.17. The summed E-state index contributed by atoms with van der Waals surface area (Å²) in [5, 5.41) is 9.31. The molecule has 5 unspecified atom stereocenters. The maximum absolute atomic E-state index is 11.4. The third-order valence-electron chi connectivity index (χ3n) is 2.98. The molecule has 0 radical (unpaired) electrons. The van der Waals surface area contributed by atoms with Crippen LogP contribution in [0.2, 0.25) is 0 Å². The Morgan fingerprint density at radius 3 is 1.75 bits per heavy atom. The van der Waals surface area contributed by atoms with Crippen molar-refractivity contribution in [2.24, 2.45) is 0 Å². The molecule has 136 valence electrons. The maximum Gasteiger partial charge on any atom is 0.337 e. The van der Waals surface area contributed by atoms with Crippen LogP contribution >= 0.6 is 0 Å². The lowest BCUT2D eigenvalue weighted by atomic mass is 9.98. The summed E-state index contributed by atoms with van der Waals surface area (Å²) in [5.74, 6) is -3.79. The monoisotopic (exact) mass is 348 g/mol. The second-order valence-electron chi connectivity index (χ2n) is 4.94. The molecule has 0 amide bonds. The van der Waals surface area contributed by atoms with E-state index in [0.29, 0.717) is 0 Å². The van der Waals surface area contributed by atoms with Crippen LogP contribution in [0.15, 0.2) is 0 Å². The number of aliphatic carboxylic acids is 1. The van der Waals surface area contributed by atoms with Crippen molar-refractivity contribution in [3.05, 3.63) is 0 Å². The molecule has 24 heavy (non-hydrogen) atoms. The van der Waals surface area contributed by atoms with Gasteiger partial charge in [-0.15, -0.1) is 0 Å². The number of hydrogen-bond acceptors (Lipinski definition) is 9. The molecular weight excluding hydrogens is 328 g/mol. The van der Waals surface area contributed by atoms with Gasteiger partial charge in [-0.05, 0) is 6.92 Å². The number of carbonyl (C=O) groups is 4. The standard InChI is InChI=1S/C14H20O10/c1-5-20-14-12(23-8(4)17)10(22-7(3)16)9(21-6(2)15)11(24-14)13(18)19/h9-12,14H,5H2,1-4H3,(H,18,19). The fourth-order valence-corrected chi connectivity index (χ4v) is 2.27. The van der Waals surface area contributed by atoms with Crippen molar-refractivity contribution in [1.82, 2.24) is 0 Å². The molecule has 1 fully saturated rings. The molecule has 0 aromatic carbocycles. The van der Waals surface area contributed by atoms with E-state index in [2.05, 4.69) is 0 Å². The Labute approximate surface area is 137 Å². The maximum atomic E-state index is 11.4. The van der Waals surface area contributed by atoms with E-state index in [4.69, 9.17) is 23.7 Å². The zero-order valence-electron chi connectivity index (χ0n) is 13.7. The van der Waals surface area contributed by atoms with Gasteiger partial charge in [-0.3, -0.25) is 14.4 Å². The summed E-state index contributed by atoms with van der Waals surface area (Å²) in [7, 11) is 0. The highest BCUT2D eigenvalue weighted by atomic mass is 16.7. The van der Waals surface area contributed by atoms with Gasteiger partial charge in [0.2, 0.25) is 0 Å². The summed E-state index contributed by atoms with van der Waals surface area (Å²) >= 11 is 0. The molecule has 0 bridgehead atoms. The SMILES string of the molecule is CCOC1OC(C(=O)O)C(OC(C)=O)C(OC(C)=O)C1OC(C)=O. The molecule has 1 heterocycles. The summed E-state index contributed by atoms with van der Waals surface area (Å²) in [4.78, 5) is 45.5. The molecule has 0 saturated carbocycles. The summed E-state index contributed by atoms with van der Waals surface area (Å²) in [6.45, 7) is 4.97. The van der Waals surface area contributed by atoms with Crippen LogP contribution in [0.25, 0.3) is 0 Å². The number of rotatable bonds is 6. The summed E-state index contributed by atoms with van der Waals surface area (Å²) in [6.07, 6.45) is -7.18. The Hall–Kier alpha value is -2.20. The van der Waals surface area contributed by atoms with Crippen LogP contribution in [0.1, 0.15) is 27.7 Å². The topological polar surface area (TPSA) is 135 Å². The van der Waals surface area contributed by atoms with Crippen molar-refractivity contribution in [3.63, 3.8) is 0 Å². The predicted octanol–water partition coefficient (Wildman–Crippen LogP) is -0.372. The van der Waals surface area contributed by atoms with Crippen molar-refractivity contribution < 1.29 is 48.0 Å². The van der Waals surface area contributed by atoms with E-state index in [1.165, 1.54) is 0 Å². The van der Waals surface area contributed by atoms with Gasteiger partial charge in [0.15, 0.2) is 30.7 Å². The van der Waals surface area contributed by atoms with Crippen molar-refractivity contribution >= 4 is 23.9 Å². The summed E-state index contributed by atoms with van der Waals surface area (Å²) in [5.41, 5.74) is 0. The van der Waals surface area contributed by atoms with Gasteiger partial charge in [-0.2, -0.15) is 0 Å². The molecule has 0 aromatic rings. The smallest absolute Gasteiger partial charge is 0.337 e. The quantitative estimate of drug-likeness (QED) is 0.500. The molecule has 5 atom stereocenters. The molecule has 1 rings (SSSR count). The lowest BCUT2D eigenvalue weighted by Gasteiger charge is -2.42. The van der Waals surface area contributed by atoms with Crippen LogP contribution in [0.4, 0.5) is 0 Å². The van der Waals surface area contributed by atoms with Gasteiger partial charge in [0.05, 0.1) is 0 Å². The van der Waals surface area contributed by atoms with Crippen molar-refractivity contribution in [3.8, 4) is 0 Å². The first-order valence-corrected chi connectivity index (χ1v) is 7.18. The van der Waals surface area contributed by atoms with E-state index in [0.717, 1.165) is 20.8 Å². The third-order valence-corrected chi connectivity index (χ3v) is 2.98.